The zero-order valence-electron chi connectivity index (χ0n) is 12.8. The fourth-order valence-electron chi connectivity index (χ4n) is 2.43. The second-order valence-electron chi connectivity index (χ2n) is 5.21. The van der Waals surface area contributed by atoms with Crippen molar-refractivity contribution in [1.29, 1.82) is 0 Å². The molecule has 0 spiro atoms. The van der Waals surface area contributed by atoms with Crippen molar-refractivity contribution in [2.24, 2.45) is 7.05 Å². The summed E-state index contributed by atoms with van der Waals surface area (Å²) in [6.45, 7) is 2.77. The topological polar surface area (TPSA) is 87.4 Å². The zero-order valence-corrected chi connectivity index (χ0v) is 12.8. The third kappa shape index (κ3) is 2.69. The van der Waals surface area contributed by atoms with Gasteiger partial charge in [0.05, 0.1) is 11.8 Å². The first-order chi connectivity index (χ1) is 10.7. The number of hydrogen-bond donors (Lipinski definition) is 1. The summed E-state index contributed by atoms with van der Waals surface area (Å²) < 4.78 is 3.72. The van der Waals surface area contributed by atoms with Crippen molar-refractivity contribution in [2.75, 3.05) is 5.73 Å². The predicted molar refractivity (Wildman–Crippen MR) is 83.9 cm³/mol. The fraction of sp³-hybridized carbons (Fsp3) is 0.333. The highest BCUT2D eigenvalue weighted by atomic mass is 15.3. The molecule has 0 saturated heterocycles. The first-order valence-electron chi connectivity index (χ1n) is 7.24. The number of rotatable bonds is 5. The van der Waals surface area contributed by atoms with Crippen molar-refractivity contribution < 1.29 is 0 Å². The number of pyridine rings is 1. The van der Waals surface area contributed by atoms with E-state index in [1.54, 1.807) is 10.9 Å². The average molecular weight is 297 g/mol. The van der Waals surface area contributed by atoms with Gasteiger partial charge in [-0.2, -0.15) is 5.10 Å². The molecule has 0 radical (unpaired) electrons. The Morgan fingerprint density at radius 1 is 1.23 bits per heavy atom. The van der Waals surface area contributed by atoms with E-state index in [0.29, 0.717) is 5.82 Å². The van der Waals surface area contributed by atoms with Crippen LogP contribution in [0.15, 0.2) is 30.6 Å². The first kappa shape index (κ1) is 14.2. The molecule has 0 bridgehead atoms. The SMILES string of the molecule is Cc1nnc(-c2cnn(C)c2N)n1CCCc1ccccn1. The number of anilines is 1. The highest BCUT2D eigenvalue weighted by Gasteiger charge is 2.16. The van der Waals surface area contributed by atoms with Gasteiger partial charge in [0.2, 0.25) is 0 Å². The second kappa shape index (κ2) is 5.97. The minimum Gasteiger partial charge on any atom is -0.383 e. The van der Waals surface area contributed by atoms with Gasteiger partial charge in [-0.15, -0.1) is 10.2 Å². The lowest BCUT2D eigenvalue weighted by molar-refractivity contribution is 0.625. The third-order valence-corrected chi connectivity index (χ3v) is 3.70. The lowest BCUT2D eigenvalue weighted by atomic mass is 10.2. The lowest BCUT2D eigenvalue weighted by Gasteiger charge is -2.08. The van der Waals surface area contributed by atoms with Crippen molar-refractivity contribution in [1.82, 2.24) is 29.5 Å². The lowest BCUT2D eigenvalue weighted by Crippen LogP contribution is -2.06. The molecule has 22 heavy (non-hydrogen) atoms. The van der Waals surface area contributed by atoms with Gasteiger partial charge in [0, 0.05) is 25.5 Å². The van der Waals surface area contributed by atoms with Crippen LogP contribution in [0.4, 0.5) is 5.82 Å². The van der Waals surface area contributed by atoms with Crippen LogP contribution in [0.1, 0.15) is 17.9 Å². The van der Waals surface area contributed by atoms with Crippen molar-refractivity contribution in [3.05, 3.63) is 42.1 Å². The molecule has 114 valence electrons. The summed E-state index contributed by atoms with van der Waals surface area (Å²) in [6.07, 6.45) is 5.43. The summed E-state index contributed by atoms with van der Waals surface area (Å²) in [6, 6.07) is 5.98. The van der Waals surface area contributed by atoms with Crippen LogP contribution in [0.2, 0.25) is 0 Å². The summed E-state index contributed by atoms with van der Waals surface area (Å²) in [4.78, 5) is 4.34. The first-order valence-corrected chi connectivity index (χ1v) is 7.24. The molecule has 0 aromatic carbocycles. The summed E-state index contributed by atoms with van der Waals surface area (Å²) in [5.41, 5.74) is 7.96. The molecular weight excluding hydrogens is 278 g/mol. The number of hydrogen-bond acceptors (Lipinski definition) is 5. The van der Waals surface area contributed by atoms with E-state index in [9.17, 15) is 0 Å². The number of nitrogens with two attached hydrogens (primary N) is 1. The maximum absolute atomic E-state index is 6.04. The molecule has 0 aliphatic heterocycles. The largest absolute Gasteiger partial charge is 0.383 e. The molecule has 3 aromatic heterocycles. The molecule has 0 atom stereocenters. The van der Waals surface area contributed by atoms with E-state index in [1.165, 1.54) is 0 Å². The highest BCUT2D eigenvalue weighted by molar-refractivity contribution is 5.68. The Labute approximate surface area is 128 Å². The van der Waals surface area contributed by atoms with Gasteiger partial charge in [0.25, 0.3) is 0 Å². The van der Waals surface area contributed by atoms with Crippen molar-refractivity contribution >= 4 is 5.82 Å². The van der Waals surface area contributed by atoms with Gasteiger partial charge in [-0.25, -0.2) is 0 Å². The molecule has 2 N–H and O–H groups in total. The Kier molecular flexibility index (Phi) is 3.86. The van der Waals surface area contributed by atoms with E-state index >= 15 is 0 Å². The van der Waals surface area contributed by atoms with Gasteiger partial charge in [0.1, 0.15) is 11.6 Å². The van der Waals surface area contributed by atoms with Crippen LogP contribution in [0.25, 0.3) is 11.4 Å². The van der Waals surface area contributed by atoms with Gasteiger partial charge in [-0.05, 0) is 31.9 Å². The van der Waals surface area contributed by atoms with Gasteiger partial charge in [0.15, 0.2) is 5.82 Å². The summed E-state index contributed by atoms with van der Waals surface area (Å²) >= 11 is 0. The molecule has 0 unspecified atom stereocenters. The van der Waals surface area contributed by atoms with Crippen molar-refractivity contribution in [3.8, 4) is 11.4 Å². The van der Waals surface area contributed by atoms with Crippen LogP contribution in [0, 0.1) is 6.92 Å². The average Bonchev–Trinajstić information content (AvgIpc) is 3.05. The summed E-state index contributed by atoms with van der Waals surface area (Å²) in [7, 11) is 1.81. The molecule has 0 aliphatic carbocycles. The molecule has 7 heteroatoms. The molecule has 3 heterocycles. The molecule has 3 aromatic rings. The predicted octanol–water partition coefficient (Wildman–Crippen LogP) is 1.60. The molecule has 7 nitrogen and oxygen atoms in total. The molecule has 0 amide bonds. The van der Waals surface area contributed by atoms with Crippen LogP contribution >= 0.6 is 0 Å². The molecule has 0 aliphatic rings. The Morgan fingerprint density at radius 3 is 2.77 bits per heavy atom. The minimum absolute atomic E-state index is 0.596. The number of aromatic nitrogens is 6. The zero-order chi connectivity index (χ0) is 15.5. The molecular formula is C15H19N7. The van der Waals surface area contributed by atoms with Crippen LogP contribution in [0.5, 0.6) is 0 Å². The Hall–Kier alpha value is -2.70. The highest BCUT2D eigenvalue weighted by Crippen LogP contribution is 2.24. The van der Waals surface area contributed by atoms with Crippen molar-refractivity contribution in [3.63, 3.8) is 0 Å². The Balaban J connectivity index is 1.77. The van der Waals surface area contributed by atoms with E-state index in [4.69, 9.17) is 5.73 Å². The maximum atomic E-state index is 6.04. The summed E-state index contributed by atoms with van der Waals surface area (Å²) in [5, 5.41) is 12.6. The van der Waals surface area contributed by atoms with Crippen LogP contribution in [-0.4, -0.2) is 29.5 Å². The second-order valence-corrected chi connectivity index (χ2v) is 5.21. The van der Waals surface area contributed by atoms with Gasteiger partial charge in [-0.3, -0.25) is 9.67 Å². The smallest absolute Gasteiger partial charge is 0.169 e. The Bertz CT molecular complexity index is 758. The number of nitrogens with zero attached hydrogens (tertiary/aromatic N) is 6. The molecule has 3 rings (SSSR count). The molecule has 0 fully saturated rings. The number of nitrogen functional groups attached to an aromatic ring is 1. The van der Waals surface area contributed by atoms with Crippen LogP contribution in [-0.2, 0) is 20.0 Å². The van der Waals surface area contributed by atoms with Crippen molar-refractivity contribution in [2.45, 2.75) is 26.3 Å². The quantitative estimate of drug-likeness (QED) is 0.773. The standard InChI is InChI=1S/C15H19N7/c1-11-19-20-15(13-10-18-21(2)14(13)16)22(11)9-5-7-12-6-3-4-8-17-12/h3-4,6,8,10H,5,7,9,16H2,1-2H3. The van der Waals surface area contributed by atoms with E-state index in [1.807, 2.05) is 38.4 Å². The minimum atomic E-state index is 0.596. The van der Waals surface area contributed by atoms with Crippen LogP contribution in [0.3, 0.4) is 0 Å². The molecule has 0 saturated carbocycles. The van der Waals surface area contributed by atoms with E-state index in [2.05, 4.69) is 24.8 Å². The monoisotopic (exact) mass is 297 g/mol. The van der Waals surface area contributed by atoms with Gasteiger partial charge in [-0.1, -0.05) is 6.07 Å². The Morgan fingerprint density at radius 2 is 2.09 bits per heavy atom. The maximum Gasteiger partial charge on any atom is 0.169 e. The fourth-order valence-corrected chi connectivity index (χ4v) is 2.43. The normalized spacial score (nSPS) is 11.0. The third-order valence-electron chi connectivity index (χ3n) is 3.70. The van der Waals surface area contributed by atoms with Gasteiger partial charge < -0.3 is 10.3 Å². The summed E-state index contributed by atoms with van der Waals surface area (Å²) in [5.74, 6) is 2.24. The van der Waals surface area contributed by atoms with Gasteiger partial charge >= 0.3 is 0 Å². The van der Waals surface area contributed by atoms with Crippen LogP contribution < -0.4 is 5.73 Å². The van der Waals surface area contributed by atoms with E-state index in [0.717, 1.165) is 42.3 Å². The van der Waals surface area contributed by atoms with E-state index < -0.39 is 0 Å². The van der Waals surface area contributed by atoms with E-state index in [-0.39, 0.29) is 0 Å². The number of aryl methyl sites for hydroxylation is 3.